The average Bonchev–Trinajstić information content (AvgIpc) is 2.87. The third kappa shape index (κ3) is 6.69. The molecule has 0 radical (unpaired) electrons. The molecule has 0 aliphatic carbocycles. The monoisotopic (exact) mass is 349 g/mol. The number of hydrogen-bond donors (Lipinski definition) is 2. The molecule has 142 valence electrons. The molecule has 2 heterocycles. The van der Waals surface area contributed by atoms with Crippen molar-refractivity contribution in [2.75, 3.05) is 33.2 Å². The predicted molar refractivity (Wildman–Crippen MR) is 103 cm³/mol. The second-order valence-corrected chi connectivity index (χ2v) is 7.51. The molecule has 0 saturated carbocycles. The minimum Gasteiger partial charge on any atom is -0.444 e. The molecule has 0 amide bonds. The van der Waals surface area contributed by atoms with Gasteiger partial charge in [0.15, 0.2) is 5.96 Å². The van der Waals surface area contributed by atoms with Gasteiger partial charge in [-0.3, -0.25) is 4.99 Å². The first kappa shape index (κ1) is 19.8. The lowest BCUT2D eigenvalue weighted by Crippen LogP contribution is -2.40. The van der Waals surface area contributed by atoms with Crippen molar-refractivity contribution >= 4 is 5.96 Å². The Morgan fingerprint density at radius 3 is 2.52 bits per heavy atom. The van der Waals surface area contributed by atoms with Crippen molar-refractivity contribution in [3.05, 3.63) is 17.3 Å². The van der Waals surface area contributed by atoms with Crippen LogP contribution in [0.3, 0.4) is 0 Å². The maximum Gasteiger partial charge on any atom is 0.214 e. The van der Waals surface area contributed by atoms with Crippen LogP contribution in [0.4, 0.5) is 0 Å². The van der Waals surface area contributed by atoms with Crippen molar-refractivity contribution in [1.29, 1.82) is 0 Å². The minimum absolute atomic E-state index is 0.553. The van der Waals surface area contributed by atoms with Crippen molar-refractivity contribution in [2.24, 2.45) is 16.8 Å². The van der Waals surface area contributed by atoms with E-state index in [1.807, 2.05) is 13.8 Å². The first-order valence-electron chi connectivity index (χ1n) is 9.57. The highest BCUT2D eigenvalue weighted by Gasteiger charge is 2.20. The fraction of sp³-hybridized carbons (Fsp3) is 0.789. The molecule has 2 atom stereocenters. The number of likely N-dealkylation sites (tertiary alicyclic amines) is 1. The van der Waals surface area contributed by atoms with E-state index in [1.54, 1.807) is 7.05 Å². The van der Waals surface area contributed by atoms with Crippen LogP contribution in [0.15, 0.2) is 9.41 Å². The van der Waals surface area contributed by atoms with Crippen molar-refractivity contribution in [3.63, 3.8) is 0 Å². The Morgan fingerprint density at radius 2 is 1.92 bits per heavy atom. The van der Waals surface area contributed by atoms with Gasteiger partial charge in [0, 0.05) is 26.7 Å². The summed E-state index contributed by atoms with van der Waals surface area (Å²) in [6.45, 7) is 13.8. The lowest BCUT2D eigenvalue weighted by atomic mass is 9.92. The molecular weight excluding hydrogens is 314 g/mol. The van der Waals surface area contributed by atoms with Crippen LogP contribution >= 0.6 is 0 Å². The summed E-state index contributed by atoms with van der Waals surface area (Å²) >= 11 is 0. The Bertz CT molecular complexity index is 525. The first-order chi connectivity index (χ1) is 12.0. The number of nitrogens with one attached hydrogen (secondary N) is 2. The van der Waals surface area contributed by atoms with E-state index in [-0.39, 0.29) is 0 Å². The molecule has 1 aromatic heterocycles. The topological polar surface area (TPSA) is 65.7 Å². The lowest BCUT2D eigenvalue weighted by molar-refractivity contribution is 0.139. The van der Waals surface area contributed by atoms with Gasteiger partial charge in [0.2, 0.25) is 5.89 Å². The molecule has 1 saturated heterocycles. The molecule has 1 aliphatic heterocycles. The van der Waals surface area contributed by atoms with Crippen LogP contribution < -0.4 is 10.6 Å². The van der Waals surface area contributed by atoms with Crippen LogP contribution in [0.25, 0.3) is 0 Å². The largest absolute Gasteiger partial charge is 0.444 e. The van der Waals surface area contributed by atoms with Gasteiger partial charge >= 0.3 is 0 Å². The van der Waals surface area contributed by atoms with Gasteiger partial charge in [-0.05, 0) is 51.5 Å². The molecule has 6 heteroatoms. The fourth-order valence-corrected chi connectivity index (χ4v) is 3.64. The van der Waals surface area contributed by atoms with E-state index in [0.717, 1.165) is 42.2 Å². The highest BCUT2D eigenvalue weighted by molar-refractivity contribution is 5.79. The SMILES string of the molecule is CN=C(NCCCCN1CC(C)CC(C)C1)NCc1nc(C)c(C)o1. The lowest BCUT2D eigenvalue weighted by Gasteiger charge is -2.34. The zero-order valence-electron chi connectivity index (χ0n) is 16.6. The molecule has 2 rings (SSSR count). The Morgan fingerprint density at radius 1 is 1.20 bits per heavy atom. The molecular formula is C19H35N5O. The maximum atomic E-state index is 5.57. The average molecular weight is 350 g/mol. The second kappa shape index (κ2) is 9.80. The summed E-state index contributed by atoms with van der Waals surface area (Å²) in [6, 6.07) is 0. The highest BCUT2D eigenvalue weighted by Crippen LogP contribution is 2.20. The van der Waals surface area contributed by atoms with Crippen LogP contribution in [0, 0.1) is 25.7 Å². The summed E-state index contributed by atoms with van der Waals surface area (Å²) in [4.78, 5) is 11.3. The first-order valence-corrected chi connectivity index (χ1v) is 9.57. The number of hydrogen-bond acceptors (Lipinski definition) is 4. The fourth-order valence-electron chi connectivity index (χ4n) is 3.64. The van der Waals surface area contributed by atoms with E-state index in [0.29, 0.717) is 12.4 Å². The number of oxazole rings is 1. The van der Waals surface area contributed by atoms with Gasteiger partial charge in [-0.25, -0.2) is 4.98 Å². The van der Waals surface area contributed by atoms with E-state index < -0.39 is 0 Å². The molecule has 1 aromatic rings. The van der Waals surface area contributed by atoms with Crippen LogP contribution in [0.2, 0.25) is 0 Å². The number of nitrogens with zero attached hydrogens (tertiary/aromatic N) is 3. The Labute approximate surface area is 152 Å². The second-order valence-electron chi connectivity index (χ2n) is 7.51. The predicted octanol–water partition coefficient (Wildman–Crippen LogP) is 2.71. The number of aromatic nitrogens is 1. The van der Waals surface area contributed by atoms with Gasteiger partial charge in [-0.1, -0.05) is 13.8 Å². The molecule has 2 unspecified atom stereocenters. The van der Waals surface area contributed by atoms with Gasteiger partial charge in [0.1, 0.15) is 5.76 Å². The zero-order chi connectivity index (χ0) is 18.2. The number of rotatable bonds is 7. The normalized spacial score (nSPS) is 22.2. The summed E-state index contributed by atoms with van der Waals surface area (Å²) in [5, 5.41) is 6.62. The molecule has 1 fully saturated rings. The van der Waals surface area contributed by atoms with Gasteiger partial charge < -0.3 is 20.0 Å². The molecule has 1 aliphatic rings. The third-order valence-corrected chi connectivity index (χ3v) is 4.84. The molecule has 0 spiro atoms. The molecule has 6 nitrogen and oxygen atoms in total. The summed E-state index contributed by atoms with van der Waals surface area (Å²) < 4.78 is 5.57. The molecule has 2 N–H and O–H groups in total. The van der Waals surface area contributed by atoms with Gasteiger partial charge in [-0.15, -0.1) is 0 Å². The summed E-state index contributed by atoms with van der Waals surface area (Å²) in [5.41, 5.74) is 0.945. The van der Waals surface area contributed by atoms with Crippen LogP contribution in [-0.4, -0.2) is 49.1 Å². The molecule has 25 heavy (non-hydrogen) atoms. The van der Waals surface area contributed by atoms with Crippen molar-refractivity contribution in [3.8, 4) is 0 Å². The van der Waals surface area contributed by atoms with Crippen LogP contribution in [-0.2, 0) is 6.54 Å². The smallest absolute Gasteiger partial charge is 0.214 e. The Balaban J connectivity index is 1.59. The standard InChI is InChI=1S/C19H35N5O/c1-14-10-15(2)13-24(12-14)9-7-6-8-21-19(20-5)22-11-18-23-16(3)17(4)25-18/h14-15H,6-13H2,1-5H3,(H2,20,21,22). The summed E-state index contributed by atoms with van der Waals surface area (Å²) in [6.07, 6.45) is 3.75. The number of piperidine rings is 1. The number of aliphatic imine (C=N–C) groups is 1. The van der Waals surface area contributed by atoms with E-state index in [1.165, 1.54) is 32.5 Å². The van der Waals surface area contributed by atoms with Crippen molar-refractivity contribution in [2.45, 2.75) is 53.5 Å². The van der Waals surface area contributed by atoms with Gasteiger partial charge in [0.25, 0.3) is 0 Å². The third-order valence-electron chi connectivity index (χ3n) is 4.84. The van der Waals surface area contributed by atoms with E-state index >= 15 is 0 Å². The summed E-state index contributed by atoms with van der Waals surface area (Å²) in [7, 11) is 1.79. The van der Waals surface area contributed by atoms with Crippen LogP contribution in [0.1, 0.15) is 50.5 Å². The summed E-state index contributed by atoms with van der Waals surface area (Å²) in [5.74, 6) is 4.06. The maximum absolute atomic E-state index is 5.57. The van der Waals surface area contributed by atoms with Gasteiger partial charge in [-0.2, -0.15) is 0 Å². The number of guanidine groups is 1. The van der Waals surface area contributed by atoms with E-state index in [4.69, 9.17) is 4.42 Å². The molecule has 0 bridgehead atoms. The Kier molecular flexibility index (Phi) is 7.75. The van der Waals surface area contributed by atoms with Crippen LogP contribution in [0.5, 0.6) is 0 Å². The van der Waals surface area contributed by atoms with Gasteiger partial charge in [0.05, 0.1) is 12.2 Å². The minimum atomic E-state index is 0.553. The van der Waals surface area contributed by atoms with Crippen molar-refractivity contribution in [1.82, 2.24) is 20.5 Å². The Hall–Kier alpha value is -1.56. The van der Waals surface area contributed by atoms with Crippen molar-refractivity contribution < 1.29 is 4.42 Å². The quantitative estimate of drug-likeness (QED) is 0.450. The number of unbranched alkanes of at least 4 members (excludes halogenated alkanes) is 1. The number of aryl methyl sites for hydroxylation is 2. The molecule has 0 aromatic carbocycles. The highest BCUT2D eigenvalue weighted by atomic mass is 16.4. The zero-order valence-corrected chi connectivity index (χ0v) is 16.6. The van der Waals surface area contributed by atoms with E-state index in [2.05, 4.69) is 39.4 Å². The van der Waals surface area contributed by atoms with E-state index in [9.17, 15) is 0 Å².